The molecule has 1 aromatic heterocycles. The van der Waals surface area contributed by atoms with Crippen LogP contribution in [0.4, 0.5) is 5.82 Å². The molecule has 8 heteroatoms. The smallest absolute Gasteiger partial charge is 0.351 e. The molecule has 8 nitrogen and oxygen atoms in total. The topological polar surface area (TPSA) is 109 Å². The lowest BCUT2D eigenvalue weighted by Gasteiger charge is -2.22. The van der Waals surface area contributed by atoms with Crippen molar-refractivity contribution in [1.82, 2.24) is 9.55 Å². The van der Waals surface area contributed by atoms with E-state index in [4.69, 9.17) is 19.9 Å². The second-order valence-electron chi connectivity index (χ2n) is 5.07. The fourth-order valence-electron chi connectivity index (χ4n) is 2.61. The highest BCUT2D eigenvalue weighted by molar-refractivity contribution is 5.35. The normalized spacial score (nSPS) is 29.0. The minimum Gasteiger partial charge on any atom is -0.396 e. The van der Waals surface area contributed by atoms with Crippen LogP contribution in [0.15, 0.2) is 11.0 Å². The van der Waals surface area contributed by atoms with Gasteiger partial charge < -0.3 is 25.1 Å². The molecule has 0 radical (unpaired) electrons. The molecule has 1 aliphatic heterocycles. The number of rotatable bonds is 5. The van der Waals surface area contributed by atoms with Crippen molar-refractivity contribution in [2.24, 2.45) is 5.92 Å². The van der Waals surface area contributed by atoms with Crippen molar-refractivity contribution in [3.8, 4) is 0 Å². The SMILES string of the molecule is COC[C@H]1O[C@@H](n2cc(C)c(N)nc2=O)C(OC)C1CO. The van der Waals surface area contributed by atoms with E-state index in [-0.39, 0.29) is 24.4 Å². The third-order valence-electron chi connectivity index (χ3n) is 3.76. The zero-order valence-electron chi connectivity index (χ0n) is 12.4. The van der Waals surface area contributed by atoms with Gasteiger partial charge >= 0.3 is 5.69 Å². The van der Waals surface area contributed by atoms with Crippen LogP contribution in [0.5, 0.6) is 0 Å². The molecular formula is C13H21N3O5. The maximum absolute atomic E-state index is 12.0. The summed E-state index contributed by atoms with van der Waals surface area (Å²) in [5.41, 5.74) is 5.78. The van der Waals surface area contributed by atoms with Crippen molar-refractivity contribution in [3.05, 3.63) is 22.2 Å². The number of hydrogen-bond acceptors (Lipinski definition) is 7. The van der Waals surface area contributed by atoms with Crippen molar-refractivity contribution < 1.29 is 19.3 Å². The molecule has 4 atom stereocenters. The van der Waals surface area contributed by atoms with Gasteiger partial charge in [-0.05, 0) is 6.92 Å². The van der Waals surface area contributed by atoms with Crippen LogP contribution in [0.1, 0.15) is 11.8 Å². The Kier molecular flexibility index (Phi) is 4.94. The van der Waals surface area contributed by atoms with E-state index >= 15 is 0 Å². The zero-order chi connectivity index (χ0) is 15.6. The van der Waals surface area contributed by atoms with E-state index < -0.39 is 18.0 Å². The fourth-order valence-corrected chi connectivity index (χ4v) is 2.61. The zero-order valence-corrected chi connectivity index (χ0v) is 12.4. The van der Waals surface area contributed by atoms with Crippen LogP contribution >= 0.6 is 0 Å². The molecule has 0 aliphatic carbocycles. The van der Waals surface area contributed by atoms with Crippen LogP contribution in [-0.2, 0) is 14.2 Å². The van der Waals surface area contributed by atoms with E-state index in [1.54, 1.807) is 20.2 Å². The van der Waals surface area contributed by atoms with E-state index in [9.17, 15) is 9.90 Å². The second kappa shape index (κ2) is 6.52. The Balaban J connectivity index is 2.38. The van der Waals surface area contributed by atoms with Gasteiger partial charge in [0.1, 0.15) is 11.9 Å². The molecule has 2 rings (SSSR count). The Morgan fingerprint density at radius 1 is 1.52 bits per heavy atom. The summed E-state index contributed by atoms with van der Waals surface area (Å²) < 4.78 is 17.7. The molecule has 0 amide bonds. The van der Waals surface area contributed by atoms with Gasteiger partial charge in [-0.15, -0.1) is 0 Å². The number of nitrogens with two attached hydrogens (primary N) is 1. The molecule has 1 aliphatic rings. The summed E-state index contributed by atoms with van der Waals surface area (Å²) in [6.45, 7) is 1.93. The number of anilines is 1. The van der Waals surface area contributed by atoms with E-state index in [1.807, 2.05) is 0 Å². The molecule has 2 unspecified atom stereocenters. The maximum atomic E-state index is 12.0. The molecule has 1 aromatic rings. The first-order chi connectivity index (χ1) is 10.0. The number of aliphatic hydroxyl groups is 1. The highest BCUT2D eigenvalue weighted by atomic mass is 16.6. The van der Waals surface area contributed by atoms with Crippen molar-refractivity contribution in [2.75, 3.05) is 33.2 Å². The molecule has 2 heterocycles. The van der Waals surface area contributed by atoms with Gasteiger partial charge in [-0.1, -0.05) is 0 Å². The van der Waals surface area contributed by atoms with Crippen LogP contribution in [0.2, 0.25) is 0 Å². The summed E-state index contributed by atoms with van der Waals surface area (Å²) in [6.07, 6.45) is 0.0781. The first-order valence-corrected chi connectivity index (χ1v) is 6.66. The van der Waals surface area contributed by atoms with Crippen molar-refractivity contribution in [2.45, 2.75) is 25.4 Å². The molecule has 3 N–H and O–H groups in total. The Morgan fingerprint density at radius 2 is 2.24 bits per heavy atom. The Hall–Kier alpha value is -1.48. The first-order valence-electron chi connectivity index (χ1n) is 6.66. The van der Waals surface area contributed by atoms with Crippen LogP contribution < -0.4 is 11.4 Å². The van der Waals surface area contributed by atoms with E-state index in [0.29, 0.717) is 12.2 Å². The average molecular weight is 299 g/mol. The summed E-state index contributed by atoms with van der Waals surface area (Å²) in [5, 5.41) is 9.56. The Morgan fingerprint density at radius 3 is 2.81 bits per heavy atom. The second-order valence-corrected chi connectivity index (χ2v) is 5.07. The molecule has 0 spiro atoms. The molecule has 0 aromatic carbocycles. The number of aliphatic hydroxyl groups excluding tert-OH is 1. The minimum absolute atomic E-state index is 0.126. The summed E-state index contributed by atoms with van der Waals surface area (Å²) in [6, 6.07) is 0. The lowest BCUT2D eigenvalue weighted by Crippen LogP contribution is -2.36. The predicted molar refractivity (Wildman–Crippen MR) is 74.8 cm³/mol. The average Bonchev–Trinajstić information content (AvgIpc) is 2.80. The summed E-state index contributed by atoms with van der Waals surface area (Å²) in [4.78, 5) is 15.8. The van der Waals surface area contributed by atoms with Crippen LogP contribution in [0.3, 0.4) is 0 Å². The Bertz CT molecular complexity index is 547. The van der Waals surface area contributed by atoms with Gasteiger partial charge in [-0.2, -0.15) is 4.98 Å². The van der Waals surface area contributed by atoms with Gasteiger partial charge in [0.25, 0.3) is 0 Å². The third kappa shape index (κ3) is 2.93. The number of hydrogen-bond donors (Lipinski definition) is 2. The molecule has 1 fully saturated rings. The van der Waals surface area contributed by atoms with Gasteiger partial charge in [-0.25, -0.2) is 4.79 Å². The fraction of sp³-hybridized carbons (Fsp3) is 0.692. The number of methoxy groups -OCH3 is 2. The number of ether oxygens (including phenoxy) is 3. The minimum atomic E-state index is -0.674. The summed E-state index contributed by atoms with van der Waals surface area (Å²) in [5.74, 6) is -0.0972. The summed E-state index contributed by atoms with van der Waals surface area (Å²) in [7, 11) is 3.06. The van der Waals surface area contributed by atoms with Crippen molar-refractivity contribution in [1.29, 1.82) is 0 Å². The number of aromatic nitrogens is 2. The van der Waals surface area contributed by atoms with Gasteiger partial charge in [0.05, 0.1) is 19.3 Å². The quantitative estimate of drug-likeness (QED) is 0.740. The standard InChI is InChI=1S/C13H21N3O5/c1-7-4-16(13(18)15-11(7)14)12-10(20-3)8(5-17)9(21-12)6-19-2/h4,8-10,12,17H,5-6H2,1-3H3,(H2,14,15,18)/t8?,9-,10?,12-/m1/s1. The van der Waals surface area contributed by atoms with Crippen molar-refractivity contribution >= 4 is 5.82 Å². The van der Waals surface area contributed by atoms with Crippen LogP contribution in [0, 0.1) is 12.8 Å². The van der Waals surface area contributed by atoms with E-state index in [2.05, 4.69) is 4.98 Å². The predicted octanol–water partition coefficient (Wildman–Crippen LogP) is -0.699. The van der Waals surface area contributed by atoms with Crippen molar-refractivity contribution in [3.63, 3.8) is 0 Å². The molecule has 0 bridgehead atoms. The third-order valence-corrected chi connectivity index (χ3v) is 3.76. The van der Waals surface area contributed by atoms with Gasteiger partial charge in [-0.3, -0.25) is 4.57 Å². The largest absolute Gasteiger partial charge is 0.396 e. The summed E-state index contributed by atoms with van der Waals surface area (Å²) >= 11 is 0. The van der Waals surface area contributed by atoms with Crippen LogP contribution in [-0.4, -0.2) is 54.3 Å². The molecule has 21 heavy (non-hydrogen) atoms. The molecule has 118 valence electrons. The maximum Gasteiger partial charge on any atom is 0.351 e. The van der Waals surface area contributed by atoms with Gasteiger partial charge in [0, 0.05) is 31.9 Å². The monoisotopic (exact) mass is 299 g/mol. The molecule has 1 saturated heterocycles. The van der Waals surface area contributed by atoms with Gasteiger partial charge in [0.2, 0.25) is 0 Å². The number of nitrogen functional groups attached to an aromatic ring is 1. The first kappa shape index (κ1) is 15.9. The number of nitrogens with zero attached hydrogens (tertiary/aromatic N) is 2. The van der Waals surface area contributed by atoms with Gasteiger partial charge in [0.15, 0.2) is 6.23 Å². The molecule has 0 saturated carbocycles. The van der Waals surface area contributed by atoms with E-state index in [1.165, 1.54) is 11.7 Å². The van der Waals surface area contributed by atoms with Crippen LogP contribution in [0.25, 0.3) is 0 Å². The number of aryl methyl sites for hydroxylation is 1. The van der Waals surface area contributed by atoms with E-state index in [0.717, 1.165) is 0 Å². The highest BCUT2D eigenvalue weighted by Crippen LogP contribution is 2.35. The highest BCUT2D eigenvalue weighted by Gasteiger charge is 2.45. The molecular weight excluding hydrogens is 278 g/mol. The lowest BCUT2D eigenvalue weighted by atomic mass is 9.99. The Labute approximate surface area is 122 Å². The lowest BCUT2D eigenvalue weighted by molar-refractivity contribution is -0.0667.